The molecule has 0 aliphatic rings. The first-order valence-electron chi connectivity index (χ1n) is 9.16. The van der Waals surface area contributed by atoms with Crippen LogP contribution in [-0.2, 0) is 6.54 Å². The van der Waals surface area contributed by atoms with Crippen molar-refractivity contribution in [3.8, 4) is 11.3 Å². The number of aryl methyl sites for hydroxylation is 1. The second-order valence-corrected chi connectivity index (χ2v) is 7.57. The summed E-state index contributed by atoms with van der Waals surface area (Å²) < 4.78 is 1.78. The zero-order chi connectivity index (χ0) is 20.4. The predicted molar refractivity (Wildman–Crippen MR) is 113 cm³/mol. The van der Waals surface area contributed by atoms with Crippen molar-refractivity contribution in [3.63, 3.8) is 0 Å². The Morgan fingerprint density at radius 2 is 2.04 bits per heavy atom. The number of carbonyl (C=O) groups is 1. The number of rotatable bonds is 6. The van der Waals surface area contributed by atoms with Gasteiger partial charge in [-0.3, -0.25) is 9.20 Å². The van der Waals surface area contributed by atoms with Gasteiger partial charge >= 0.3 is 0 Å². The van der Waals surface area contributed by atoms with Gasteiger partial charge in [0.15, 0.2) is 0 Å². The molecule has 2 N–H and O–H groups in total. The number of imidazole rings is 1. The zero-order valence-corrected chi connectivity index (χ0v) is 17.7. The lowest BCUT2D eigenvalue weighted by Crippen LogP contribution is -2.27. The van der Waals surface area contributed by atoms with Gasteiger partial charge in [0, 0.05) is 48.2 Å². The second kappa shape index (κ2) is 8.47. The van der Waals surface area contributed by atoms with Gasteiger partial charge in [0.1, 0.15) is 5.69 Å². The third-order valence-electron chi connectivity index (χ3n) is 4.72. The Kier molecular flexibility index (Phi) is 6.23. The van der Waals surface area contributed by atoms with Crippen molar-refractivity contribution in [3.05, 3.63) is 51.4 Å². The first kappa shape index (κ1) is 20.6. The smallest absolute Gasteiger partial charge is 0.273 e. The van der Waals surface area contributed by atoms with Crippen LogP contribution >= 0.6 is 23.2 Å². The van der Waals surface area contributed by atoms with E-state index >= 15 is 0 Å². The highest BCUT2D eigenvalue weighted by molar-refractivity contribution is 6.36. The normalized spacial score (nSPS) is 11.2. The molecule has 28 heavy (non-hydrogen) atoms. The second-order valence-electron chi connectivity index (χ2n) is 6.73. The summed E-state index contributed by atoms with van der Waals surface area (Å²) in [5, 5.41) is 1.04. The number of halogens is 2. The minimum atomic E-state index is -0.140. The molecule has 6 nitrogen and oxygen atoms in total. The van der Waals surface area contributed by atoms with Gasteiger partial charge in [-0.2, -0.15) is 0 Å². The highest BCUT2D eigenvalue weighted by atomic mass is 35.5. The summed E-state index contributed by atoms with van der Waals surface area (Å²) in [5.74, 6) is 0.294. The van der Waals surface area contributed by atoms with Gasteiger partial charge in [0.2, 0.25) is 5.78 Å². The molecule has 148 valence electrons. The first-order chi connectivity index (χ1) is 13.4. The van der Waals surface area contributed by atoms with E-state index in [2.05, 4.69) is 16.9 Å². The number of benzene rings is 1. The average Bonchev–Trinajstić information content (AvgIpc) is 3.08. The number of fused-ring (bicyclic) bond motifs is 1. The van der Waals surface area contributed by atoms with Crippen molar-refractivity contribution in [1.29, 1.82) is 0 Å². The number of nitrogens with two attached hydrogens (primary N) is 1. The number of hydrogen-bond acceptors (Lipinski definition) is 4. The lowest BCUT2D eigenvalue weighted by molar-refractivity contribution is 0.0788. The molecule has 0 saturated heterocycles. The summed E-state index contributed by atoms with van der Waals surface area (Å²) in [4.78, 5) is 23.4. The van der Waals surface area contributed by atoms with E-state index in [0.29, 0.717) is 28.1 Å². The van der Waals surface area contributed by atoms with Crippen molar-refractivity contribution in [1.82, 2.24) is 19.3 Å². The minimum Gasteiger partial charge on any atom is -0.340 e. The van der Waals surface area contributed by atoms with Gasteiger partial charge in [0.05, 0.1) is 10.7 Å². The van der Waals surface area contributed by atoms with Crippen LogP contribution in [0.1, 0.15) is 41.5 Å². The van der Waals surface area contributed by atoms with Gasteiger partial charge in [-0.15, -0.1) is 0 Å². The molecular formula is C20H23Cl2N5O. The molecule has 0 bridgehead atoms. The highest BCUT2D eigenvalue weighted by Crippen LogP contribution is 2.34. The molecular weight excluding hydrogens is 397 g/mol. The molecule has 8 heteroatoms. The summed E-state index contributed by atoms with van der Waals surface area (Å²) in [6.45, 7) is 4.92. The van der Waals surface area contributed by atoms with Crippen LogP contribution in [0.5, 0.6) is 0 Å². The Bertz CT molecular complexity index is 1030. The molecule has 0 aliphatic carbocycles. The third kappa shape index (κ3) is 3.85. The van der Waals surface area contributed by atoms with E-state index in [1.54, 1.807) is 34.7 Å². The van der Waals surface area contributed by atoms with Gasteiger partial charge in [-0.25, -0.2) is 9.97 Å². The van der Waals surface area contributed by atoms with Crippen molar-refractivity contribution in [2.45, 2.75) is 33.2 Å². The average molecular weight is 420 g/mol. The van der Waals surface area contributed by atoms with Crippen LogP contribution in [0.3, 0.4) is 0 Å². The van der Waals surface area contributed by atoms with Crippen LogP contribution in [0.2, 0.25) is 10.0 Å². The maximum atomic E-state index is 12.8. The van der Waals surface area contributed by atoms with E-state index in [9.17, 15) is 4.79 Å². The van der Waals surface area contributed by atoms with Crippen molar-refractivity contribution in [2.24, 2.45) is 5.73 Å². The SMILES string of the molecule is CCCCN(C)C(=O)c1cn2c(-c3ccc(Cl)cc3Cl)c(CN)c(C)nc2n1. The molecule has 3 aromatic rings. The fourth-order valence-corrected chi connectivity index (χ4v) is 3.66. The number of amides is 1. The topological polar surface area (TPSA) is 76.5 Å². The Hall–Kier alpha value is -2.15. The fourth-order valence-electron chi connectivity index (χ4n) is 3.16. The summed E-state index contributed by atoms with van der Waals surface area (Å²) in [7, 11) is 1.78. The zero-order valence-electron chi connectivity index (χ0n) is 16.2. The Balaban J connectivity index is 2.19. The van der Waals surface area contributed by atoms with Crippen LogP contribution < -0.4 is 5.73 Å². The molecule has 0 fully saturated rings. The quantitative estimate of drug-likeness (QED) is 0.644. The van der Waals surface area contributed by atoms with E-state index in [-0.39, 0.29) is 12.5 Å². The van der Waals surface area contributed by atoms with Gasteiger partial charge in [-0.05, 0) is 31.5 Å². The minimum absolute atomic E-state index is 0.140. The van der Waals surface area contributed by atoms with Crippen LogP contribution in [0.15, 0.2) is 24.4 Å². The summed E-state index contributed by atoms with van der Waals surface area (Å²) in [5.41, 5.74) is 9.47. The molecule has 1 aromatic carbocycles. The van der Waals surface area contributed by atoms with E-state index in [4.69, 9.17) is 28.9 Å². The largest absolute Gasteiger partial charge is 0.340 e. The Morgan fingerprint density at radius 1 is 1.29 bits per heavy atom. The molecule has 0 radical (unpaired) electrons. The Morgan fingerprint density at radius 3 is 2.68 bits per heavy atom. The van der Waals surface area contributed by atoms with E-state index in [0.717, 1.165) is 35.4 Å². The molecule has 2 aromatic heterocycles. The van der Waals surface area contributed by atoms with Crippen LogP contribution in [0.25, 0.3) is 17.0 Å². The van der Waals surface area contributed by atoms with Crippen LogP contribution in [0.4, 0.5) is 0 Å². The molecule has 0 aliphatic heterocycles. The number of unbranched alkanes of at least 4 members (excludes halogenated alkanes) is 1. The van der Waals surface area contributed by atoms with Crippen molar-refractivity contribution < 1.29 is 4.79 Å². The molecule has 0 saturated carbocycles. The molecule has 0 unspecified atom stereocenters. The lowest BCUT2D eigenvalue weighted by atomic mass is 10.0. The molecule has 3 rings (SSSR count). The standard InChI is InChI=1S/C20H23Cl2N5O/c1-4-5-8-26(3)19(28)17-11-27-18(14-7-6-13(21)9-16(14)22)15(10-23)12(2)24-20(27)25-17/h6-7,9,11H,4-5,8,10,23H2,1-3H3. The number of carbonyl (C=O) groups excluding carboxylic acids is 1. The van der Waals surface area contributed by atoms with Crippen LogP contribution in [0, 0.1) is 6.92 Å². The van der Waals surface area contributed by atoms with Gasteiger partial charge < -0.3 is 10.6 Å². The molecule has 1 amide bonds. The molecule has 0 spiro atoms. The number of aromatic nitrogens is 3. The fraction of sp³-hybridized carbons (Fsp3) is 0.350. The molecule has 2 heterocycles. The predicted octanol–water partition coefficient (Wildman–Crippen LogP) is 4.34. The summed E-state index contributed by atoms with van der Waals surface area (Å²) >= 11 is 12.5. The lowest BCUT2D eigenvalue weighted by Gasteiger charge is -2.15. The molecule has 0 atom stereocenters. The van der Waals surface area contributed by atoms with E-state index < -0.39 is 0 Å². The monoisotopic (exact) mass is 419 g/mol. The maximum absolute atomic E-state index is 12.8. The highest BCUT2D eigenvalue weighted by Gasteiger charge is 2.21. The first-order valence-corrected chi connectivity index (χ1v) is 9.92. The van der Waals surface area contributed by atoms with Crippen molar-refractivity contribution >= 4 is 34.9 Å². The van der Waals surface area contributed by atoms with E-state index in [1.807, 2.05) is 13.0 Å². The van der Waals surface area contributed by atoms with Crippen LogP contribution in [-0.4, -0.2) is 38.8 Å². The Labute approximate surface area is 174 Å². The maximum Gasteiger partial charge on any atom is 0.273 e. The van der Waals surface area contributed by atoms with E-state index in [1.165, 1.54) is 0 Å². The third-order valence-corrected chi connectivity index (χ3v) is 5.27. The van der Waals surface area contributed by atoms with Crippen molar-refractivity contribution in [2.75, 3.05) is 13.6 Å². The summed E-state index contributed by atoms with van der Waals surface area (Å²) in [6, 6.07) is 5.29. The van der Waals surface area contributed by atoms with Gasteiger partial charge in [-0.1, -0.05) is 36.5 Å². The number of hydrogen-bond donors (Lipinski definition) is 1. The van der Waals surface area contributed by atoms with Gasteiger partial charge in [0.25, 0.3) is 5.91 Å². The summed E-state index contributed by atoms with van der Waals surface area (Å²) in [6.07, 6.45) is 3.66. The number of nitrogens with zero attached hydrogens (tertiary/aromatic N) is 4.